The number of carbonyl (C=O) groups excluding carboxylic acids is 4. The molecule has 0 aromatic carbocycles. The molecule has 0 aliphatic carbocycles. The number of carboxylic acid groups (broad SMARTS) is 2. The Morgan fingerprint density at radius 3 is 1.79 bits per heavy atom. The Bertz CT molecular complexity index is 742. The smallest absolute Gasteiger partial charge is 0.326 e. The summed E-state index contributed by atoms with van der Waals surface area (Å²) in [5.74, 6) is -6.67. The van der Waals surface area contributed by atoms with Gasteiger partial charge in [0.15, 0.2) is 0 Å². The number of carbonyl (C=O) groups is 6. The third-order valence-corrected chi connectivity index (χ3v) is 4.88. The third-order valence-electron chi connectivity index (χ3n) is 4.88. The molecule has 13 heteroatoms. The molecule has 0 saturated heterocycles. The number of rotatable bonds is 15. The summed E-state index contributed by atoms with van der Waals surface area (Å²) in [6.45, 7) is 6.98. The molecule has 0 fully saturated rings. The lowest BCUT2D eigenvalue weighted by Crippen LogP contribution is -2.59. The number of hydrogen-bond acceptors (Lipinski definition) is 7. The molecule has 0 rings (SSSR count). The fourth-order valence-electron chi connectivity index (χ4n) is 2.88. The first-order valence-electron chi connectivity index (χ1n) is 10.6. The number of nitrogens with one attached hydrogen (secondary N) is 3. The van der Waals surface area contributed by atoms with Crippen molar-refractivity contribution in [3.63, 3.8) is 0 Å². The molecule has 188 valence electrons. The summed E-state index contributed by atoms with van der Waals surface area (Å²) in [6.07, 6.45) is -0.740. The van der Waals surface area contributed by atoms with Crippen LogP contribution in [-0.2, 0) is 28.8 Å². The number of carboxylic acids is 2. The van der Waals surface area contributed by atoms with Crippen molar-refractivity contribution in [2.24, 2.45) is 23.3 Å². The van der Waals surface area contributed by atoms with Crippen LogP contribution in [0.1, 0.15) is 53.4 Å². The van der Waals surface area contributed by atoms with Gasteiger partial charge in [0.25, 0.3) is 0 Å². The van der Waals surface area contributed by atoms with Gasteiger partial charge in [0, 0.05) is 0 Å². The zero-order valence-electron chi connectivity index (χ0n) is 19.3. The van der Waals surface area contributed by atoms with E-state index in [1.807, 2.05) is 0 Å². The fraction of sp³-hybridized carbons (Fsp3) is 0.700. The molecule has 33 heavy (non-hydrogen) atoms. The van der Waals surface area contributed by atoms with Crippen LogP contribution in [0, 0.1) is 11.8 Å². The lowest BCUT2D eigenvalue weighted by Gasteiger charge is -2.28. The Hall–Kier alpha value is -3.22. The van der Waals surface area contributed by atoms with Crippen LogP contribution in [0.3, 0.4) is 0 Å². The van der Waals surface area contributed by atoms with Crippen LogP contribution in [0.2, 0.25) is 0 Å². The van der Waals surface area contributed by atoms with Gasteiger partial charge in [0.1, 0.15) is 18.1 Å². The quantitative estimate of drug-likeness (QED) is 0.143. The molecule has 9 N–H and O–H groups in total. The zero-order chi connectivity index (χ0) is 25.9. The SMILES string of the molecule is CCC(C)C(NC(=O)C(CC(=O)O)NC(=O)C(N)CC(N)=O)C(=O)NC(CC(C)C)C(=O)O. The fourth-order valence-corrected chi connectivity index (χ4v) is 2.88. The predicted octanol–water partition coefficient (Wildman–Crippen LogP) is -1.70. The summed E-state index contributed by atoms with van der Waals surface area (Å²) < 4.78 is 0. The molecule has 5 atom stereocenters. The van der Waals surface area contributed by atoms with Crippen molar-refractivity contribution in [3.8, 4) is 0 Å². The Morgan fingerprint density at radius 2 is 1.36 bits per heavy atom. The third kappa shape index (κ3) is 11.3. The van der Waals surface area contributed by atoms with Crippen LogP contribution < -0.4 is 27.4 Å². The summed E-state index contributed by atoms with van der Waals surface area (Å²) in [7, 11) is 0. The van der Waals surface area contributed by atoms with Crippen molar-refractivity contribution in [2.45, 2.75) is 77.5 Å². The average Bonchev–Trinajstić information content (AvgIpc) is 2.68. The average molecular weight is 474 g/mol. The van der Waals surface area contributed by atoms with E-state index in [1.165, 1.54) is 0 Å². The van der Waals surface area contributed by atoms with Gasteiger partial charge in [0.2, 0.25) is 23.6 Å². The van der Waals surface area contributed by atoms with Gasteiger partial charge in [-0.15, -0.1) is 0 Å². The van der Waals surface area contributed by atoms with Crippen LogP contribution in [-0.4, -0.2) is 69.9 Å². The van der Waals surface area contributed by atoms with E-state index in [9.17, 15) is 33.9 Å². The van der Waals surface area contributed by atoms with Crippen molar-refractivity contribution in [1.82, 2.24) is 16.0 Å². The highest BCUT2D eigenvalue weighted by Crippen LogP contribution is 2.11. The topological polar surface area (TPSA) is 231 Å². The molecule has 0 spiro atoms. The van der Waals surface area contributed by atoms with Gasteiger partial charge < -0.3 is 37.6 Å². The van der Waals surface area contributed by atoms with E-state index in [2.05, 4.69) is 16.0 Å². The molecule has 4 amide bonds. The van der Waals surface area contributed by atoms with Gasteiger partial charge in [0.05, 0.1) is 18.9 Å². The second-order valence-corrected chi connectivity index (χ2v) is 8.34. The molecule has 5 unspecified atom stereocenters. The molecule has 0 radical (unpaired) electrons. The minimum Gasteiger partial charge on any atom is -0.481 e. The maximum Gasteiger partial charge on any atom is 0.326 e. The van der Waals surface area contributed by atoms with Gasteiger partial charge in [-0.25, -0.2) is 4.79 Å². The van der Waals surface area contributed by atoms with Crippen molar-refractivity contribution in [3.05, 3.63) is 0 Å². The molecule has 0 saturated carbocycles. The molecule has 0 aromatic heterocycles. The number of primary amides is 1. The first kappa shape index (κ1) is 29.8. The highest BCUT2D eigenvalue weighted by Gasteiger charge is 2.33. The predicted molar refractivity (Wildman–Crippen MR) is 116 cm³/mol. The van der Waals surface area contributed by atoms with Crippen LogP contribution in [0.4, 0.5) is 0 Å². The number of aliphatic carboxylic acids is 2. The Labute approximate surface area is 192 Å². The van der Waals surface area contributed by atoms with E-state index < -0.39 is 78.5 Å². The Balaban J connectivity index is 5.59. The van der Waals surface area contributed by atoms with Crippen molar-refractivity contribution >= 4 is 35.6 Å². The van der Waals surface area contributed by atoms with E-state index in [0.717, 1.165) is 0 Å². The molecule has 0 aromatic rings. The Kier molecular flexibility index (Phi) is 12.7. The van der Waals surface area contributed by atoms with E-state index in [-0.39, 0.29) is 12.3 Å². The highest BCUT2D eigenvalue weighted by molar-refractivity contribution is 5.96. The van der Waals surface area contributed by atoms with Crippen molar-refractivity contribution in [1.29, 1.82) is 0 Å². The second-order valence-electron chi connectivity index (χ2n) is 8.34. The first-order chi connectivity index (χ1) is 15.2. The number of nitrogens with two attached hydrogens (primary N) is 2. The van der Waals surface area contributed by atoms with E-state index in [0.29, 0.717) is 6.42 Å². The van der Waals surface area contributed by atoms with Gasteiger partial charge in [-0.1, -0.05) is 34.1 Å². The first-order valence-corrected chi connectivity index (χ1v) is 10.6. The highest BCUT2D eigenvalue weighted by atomic mass is 16.4. The molecule has 0 bridgehead atoms. The monoisotopic (exact) mass is 473 g/mol. The van der Waals surface area contributed by atoms with Crippen LogP contribution in [0.25, 0.3) is 0 Å². The van der Waals surface area contributed by atoms with Gasteiger partial charge in [-0.3, -0.25) is 24.0 Å². The molecule has 0 aliphatic heterocycles. The minimum absolute atomic E-state index is 0.0252. The summed E-state index contributed by atoms with van der Waals surface area (Å²) in [5, 5.41) is 25.4. The standard InChI is InChI=1S/C20H35N5O8/c1-5-10(4)16(19(31)24-13(20(32)33)6-9(2)3)25-18(30)12(8-15(27)28)23-17(29)11(21)7-14(22)26/h9-13,16H,5-8,21H2,1-4H3,(H2,22,26)(H,23,29)(H,24,31)(H,25,30)(H,27,28)(H,32,33). The lowest BCUT2D eigenvalue weighted by atomic mass is 9.96. The lowest BCUT2D eigenvalue weighted by molar-refractivity contribution is -0.144. The summed E-state index contributed by atoms with van der Waals surface area (Å²) in [4.78, 5) is 71.4. The van der Waals surface area contributed by atoms with Crippen LogP contribution in [0.15, 0.2) is 0 Å². The van der Waals surface area contributed by atoms with Gasteiger partial charge >= 0.3 is 11.9 Å². The molecule has 0 aliphatic rings. The number of amides is 4. The second kappa shape index (κ2) is 14.0. The van der Waals surface area contributed by atoms with E-state index >= 15 is 0 Å². The summed E-state index contributed by atoms with van der Waals surface area (Å²) in [6, 6.07) is -5.36. The Morgan fingerprint density at radius 1 is 0.818 bits per heavy atom. The molecule has 0 heterocycles. The van der Waals surface area contributed by atoms with Gasteiger partial charge in [-0.05, 0) is 18.3 Å². The zero-order valence-corrected chi connectivity index (χ0v) is 19.3. The molecular weight excluding hydrogens is 438 g/mol. The minimum atomic E-state index is -1.60. The number of hydrogen-bond donors (Lipinski definition) is 7. The molecule has 13 nitrogen and oxygen atoms in total. The van der Waals surface area contributed by atoms with Crippen molar-refractivity contribution < 1.29 is 39.0 Å². The maximum absolute atomic E-state index is 12.8. The van der Waals surface area contributed by atoms with Gasteiger partial charge in [-0.2, -0.15) is 0 Å². The van der Waals surface area contributed by atoms with Crippen LogP contribution >= 0.6 is 0 Å². The van der Waals surface area contributed by atoms with Crippen molar-refractivity contribution in [2.75, 3.05) is 0 Å². The summed E-state index contributed by atoms with van der Waals surface area (Å²) >= 11 is 0. The largest absolute Gasteiger partial charge is 0.481 e. The normalized spacial score (nSPS) is 15.5. The van der Waals surface area contributed by atoms with E-state index in [4.69, 9.17) is 16.6 Å². The summed E-state index contributed by atoms with van der Waals surface area (Å²) in [5.41, 5.74) is 10.5. The molecular formula is C20H35N5O8. The maximum atomic E-state index is 12.8. The van der Waals surface area contributed by atoms with E-state index in [1.54, 1.807) is 27.7 Å². The van der Waals surface area contributed by atoms with Crippen LogP contribution in [0.5, 0.6) is 0 Å².